The maximum Gasteiger partial charge on any atom is 0.270 e. The first-order valence-corrected chi connectivity index (χ1v) is 7.69. The Morgan fingerprint density at radius 1 is 1.50 bits per heavy atom. The molecule has 1 aromatic carbocycles. The summed E-state index contributed by atoms with van der Waals surface area (Å²) in [7, 11) is 0. The van der Waals surface area contributed by atoms with Gasteiger partial charge >= 0.3 is 0 Å². The van der Waals surface area contributed by atoms with E-state index in [0.29, 0.717) is 16.0 Å². The highest BCUT2D eigenvalue weighted by molar-refractivity contribution is 7.16. The topological polar surface area (TPSA) is 108 Å². The van der Waals surface area contributed by atoms with Crippen LogP contribution in [-0.4, -0.2) is 30.2 Å². The average Bonchev–Trinajstić information content (AvgIpc) is 3.15. The lowest BCUT2D eigenvalue weighted by atomic mass is 10.3. The second-order valence-electron chi connectivity index (χ2n) is 4.79. The molecule has 1 amide bonds. The largest absolute Gasteiger partial charge is 0.312 e. The predicted molar refractivity (Wildman–Crippen MR) is 87.3 cm³/mol. The lowest BCUT2D eigenvalue weighted by Crippen LogP contribution is -2.18. The lowest BCUT2D eigenvalue weighted by Gasteiger charge is -2.00. The Hall–Kier alpha value is -3.14. The molecule has 3 aromatic rings. The minimum atomic E-state index is -0.455. The summed E-state index contributed by atoms with van der Waals surface area (Å²) in [5.41, 5.74) is 0.757. The smallest absolute Gasteiger partial charge is 0.270 e. The van der Waals surface area contributed by atoms with Crippen molar-refractivity contribution in [2.75, 3.05) is 0 Å². The predicted octanol–water partition coefficient (Wildman–Crippen LogP) is 1.52. The third-order valence-corrected chi connectivity index (χ3v) is 4.21. The molecule has 0 N–H and O–H groups in total. The SMILES string of the molecule is C=CCn1c(=NC(=O)Cn2cncn2)sc2cc([N+](=O)[O-])ccc21. The van der Waals surface area contributed by atoms with E-state index in [1.165, 1.54) is 40.8 Å². The Morgan fingerprint density at radius 3 is 3.00 bits per heavy atom. The quantitative estimate of drug-likeness (QED) is 0.396. The number of hydrogen-bond donors (Lipinski definition) is 0. The van der Waals surface area contributed by atoms with Crippen LogP contribution in [0.5, 0.6) is 0 Å². The van der Waals surface area contributed by atoms with Gasteiger partial charge < -0.3 is 4.57 Å². The van der Waals surface area contributed by atoms with Gasteiger partial charge in [-0.2, -0.15) is 10.1 Å². The fraction of sp³-hybridized carbons (Fsp3) is 0.143. The number of allylic oxidation sites excluding steroid dienone is 1. The Balaban J connectivity index is 2.06. The van der Waals surface area contributed by atoms with Gasteiger partial charge in [-0.3, -0.25) is 14.9 Å². The molecule has 0 unspecified atom stereocenters. The number of nitro benzene ring substituents is 1. The molecule has 2 heterocycles. The van der Waals surface area contributed by atoms with Gasteiger partial charge in [-0.1, -0.05) is 17.4 Å². The molecule has 0 bridgehead atoms. The average molecular weight is 344 g/mol. The van der Waals surface area contributed by atoms with E-state index in [0.717, 1.165) is 5.52 Å². The van der Waals surface area contributed by atoms with Gasteiger partial charge in [0.15, 0.2) is 4.80 Å². The van der Waals surface area contributed by atoms with Crippen molar-refractivity contribution in [3.8, 4) is 0 Å². The molecule has 10 heteroatoms. The highest BCUT2D eigenvalue weighted by Gasteiger charge is 2.12. The Morgan fingerprint density at radius 2 is 2.33 bits per heavy atom. The van der Waals surface area contributed by atoms with Crippen LogP contribution in [0.15, 0.2) is 48.5 Å². The van der Waals surface area contributed by atoms with Crippen LogP contribution in [0.25, 0.3) is 10.2 Å². The van der Waals surface area contributed by atoms with Gasteiger partial charge in [0.2, 0.25) is 0 Å². The highest BCUT2D eigenvalue weighted by Crippen LogP contribution is 2.23. The number of aromatic nitrogens is 4. The molecule has 0 aliphatic heterocycles. The number of hydrogen-bond acceptors (Lipinski definition) is 6. The fourth-order valence-corrected chi connectivity index (χ4v) is 3.25. The second kappa shape index (κ2) is 6.54. The summed E-state index contributed by atoms with van der Waals surface area (Å²) in [5.74, 6) is -0.389. The molecule has 24 heavy (non-hydrogen) atoms. The molecule has 0 atom stereocenters. The number of benzene rings is 1. The van der Waals surface area contributed by atoms with Gasteiger partial charge in [0.1, 0.15) is 19.2 Å². The van der Waals surface area contributed by atoms with Crippen LogP contribution in [0.3, 0.4) is 0 Å². The van der Waals surface area contributed by atoms with Crippen molar-refractivity contribution >= 4 is 33.1 Å². The van der Waals surface area contributed by atoms with Crippen molar-refractivity contribution in [3.05, 3.63) is 58.4 Å². The molecular formula is C14H12N6O3S. The van der Waals surface area contributed by atoms with Gasteiger partial charge in [-0.05, 0) is 6.07 Å². The summed E-state index contributed by atoms with van der Waals surface area (Å²) >= 11 is 1.21. The monoisotopic (exact) mass is 344 g/mol. The molecule has 0 aliphatic rings. The minimum Gasteiger partial charge on any atom is -0.312 e. The van der Waals surface area contributed by atoms with Crippen LogP contribution in [0, 0.1) is 10.1 Å². The molecule has 2 aromatic heterocycles. The van der Waals surface area contributed by atoms with Crippen molar-refractivity contribution in [3.63, 3.8) is 0 Å². The number of amides is 1. The van der Waals surface area contributed by atoms with Gasteiger partial charge in [-0.25, -0.2) is 9.67 Å². The van der Waals surface area contributed by atoms with Gasteiger partial charge in [0.05, 0.1) is 15.1 Å². The molecule has 0 fully saturated rings. The van der Waals surface area contributed by atoms with Crippen LogP contribution in [0.4, 0.5) is 5.69 Å². The zero-order valence-corrected chi connectivity index (χ0v) is 13.2. The van der Waals surface area contributed by atoms with Crippen molar-refractivity contribution in [2.24, 2.45) is 4.99 Å². The number of nitro groups is 1. The van der Waals surface area contributed by atoms with Crippen LogP contribution in [-0.2, 0) is 17.9 Å². The lowest BCUT2D eigenvalue weighted by molar-refractivity contribution is -0.384. The van der Waals surface area contributed by atoms with Crippen molar-refractivity contribution < 1.29 is 9.72 Å². The summed E-state index contributed by atoms with van der Waals surface area (Å²) in [6.07, 6.45) is 4.44. The number of nitrogens with zero attached hydrogens (tertiary/aromatic N) is 6. The first kappa shape index (κ1) is 15.7. The zero-order valence-electron chi connectivity index (χ0n) is 12.4. The Kier molecular flexibility index (Phi) is 4.29. The third-order valence-electron chi connectivity index (χ3n) is 3.17. The molecule has 0 saturated heterocycles. The van der Waals surface area contributed by atoms with Crippen molar-refractivity contribution in [1.82, 2.24) is 19.3 Å². The zero-order chi connectivity index (χ0) is 17.1. The van der Waals surface area contributed by atoms with E-state index >= 15 is 0 Å². The summed E-state index contributed by atoms with van der Waals surface area (Å²) in [6.45, 7) is 4.11. The molecule has 0 spiro atoms. The van der Waals surface area contributed by atoms with E-state index in [1.54, 1.807) is 16.7 Å². The van der Waals surface area contributed by atoms with E-state index in [-0.39, 0.29) is 18.1 Å². The van der Waals surface area contributed by atoms with Crippen LogP contribution in [0.1, 0.15) is 0 Å². The molecule has 3 rings (SSSR count). The van der Waals surface area contributed by atoms with Crippen molar-refractivity contribution in [1.29, 1.82) is 0 Å². The standard InChI is InChI=1S/C14H12N6O3S/c1-2-5-19-11-4-3-10(20(22)23)6-12(11)24-14(19)17-13(21)7-18-9-15-8-16-18/h2-4,6,8-9H,1,5,7H2. The van der Waals surface area contributed by atoms with Crippen LogP contribution in [0.2, 0.25) is 0 Å². The number of thiazole rings is 1. The maximum absolute atomic E-state index is 12.1. The first-order chi connectivity index (χ1) is 11.6. The third kappa shape index (κ3) is 3.13. The number of carbonyl (C=O) groups is 1. The normalized spacial score (nSPS) is 11.8. The summed E-state index contributed by atoms with van der Waals surface area (Å²) in [6, 6.07) is 4.55. The van der Waals surface area contributed by atoms with Gasteiger partial charge in [0, 0.05) is 18.7 Å². The molecule has 0 saturated carbocycles. The van der Waals surface area contributed by atoms with Crippen LogP contribution >= 0.6 is 11.3 Å². The summed E-state index contributed by atoms with van der Waals surface area (Å²) in [5, 5.41) is 14.8. The van der Waals surface area contributed by atoms with Gasteiger partial charge in [-0.15, -0.1) is 6.58 Å². The van der Waals surface area contributed by atoms with E-state index in [4.69, 9.17) is 0 Å². The molecule has 0 aliphatic carbocycles. The number of fused-ring (bicyclic) bond motifs is 1. The molecular weight excluding hydrogens is 332 g/mol. The van der Waals surface area contributed by atoms with Gasteiger partial charge in [0.25, 0.3) is 11.6 Å². The van der Waals surface area contributed by atoms with E-state index in [1.807, 2.05) is 0 Å². The van der Waals surface area contributed by atoms with Crippen molar-refractivity contribution in [2.45, 2.75) is 13.1 Å². The van der Waals surface area contributed by atoms with Crippen LogP contribution < -0.4 is 4.80 Å². The first-order valence-electron chi connectivity index (χ1n) is 6.87. The fourth-order valence-electron chi connectivity index (χ4n) is 2.16. The van der Waals surface area contributed by atoms with E-state index in [2.05, 4.69) is 21.7 Å². The summed E-state index contributed by atoms with van der Waals surface area (Å²) < 4.78 is 3.84. The Bertz CT molecular complexity index is 986. The second-order valence-corrected chi connectivity index (χ2v) is 5.80. The number of carbonyl (C=O) groups excluding carboxylic acids is 1. The highest BCUT2D eigenvalue weighted by atomic mass is 32.1. The molecule has 0 radical (unpaired) electrons. The molecule has 122 valence electrons. The Labute approximate surface area is 139 Å². The number of non-ortho nitro benzene ring substituents is 1. The molecule has 9 nitrogen and oxygen atoms in total. The summed E-state index contributed by atoms with van der Waals surface area (Å²) in [4.78, 5) is 30.9. The maximum atomic E-state index is 12.1. The minimum absolute atomic E-state index is 0.00463. The van der Waals surface area contributed by atoms with E-state index < -0.39 is 4.92 Å². The number of rotatable bonds is 5. The van der Waals surface area contributed by atoms with E-state index in [9.17, 15) is 14.9 Å².